The third-order valence-electron chi connectivity index (χ3n) is 1.66. The summed E-state index contributed by atoms with van der Waals surface area (Å²) in [5.74, 6) is -0.00375. The molecule has 1 aromatic heterocycles. The highest BCUT2D eigenvalue weighted by atomic mass is 16.6. The van der Waals surface area contributed by atoms with Gasteiger partial charge in [0.15, 0.2) is 0 Å². The molecule has 1 rings (SSSR count). The topological polar surface area (TPSA) is 82.0 Å². The zero-order chi connectivity index (χ0) is 9.84. The number of hydrogen-bond acceptors (Lipinski definition) is 4. The van der Waals surface area contributed by atoms with Crippen molar-refractivity contribution in [2.75, 3.05) is 5.73 Å². The van der Waals surface area contributed by atoms with Crippen LogP contribution < -0.4 is 5.73 Å². The van der Waals surface area contributed by atoms with Gasteiger partial charge in [0, 0.05) is 11.8 Å². The molecule has 0 aromatic carbocycles. The Morgan fingerprint density at radius 2 is 2.31 bits per heavy atom. The number of rotatable bonds is 3. The molecular weight excluding hydrogens is 170 g/mol. The van der Waals surface area contributed by atoms with Gasteiger partial charge >= 0.3 is 5.69 Å². The van der Waals surface area contributed by atoms with Crippen molar-refractivity contribution in [2.45, 2.75) is 19.8 Å². The van der Waals surface area contributed by atoms with Gasteiger partial charge in [0.25, 0.3) is 0 Å². The van der Waals surface area contributed by atoms with Gasteiger partial charge < -0.3 is 5.73 Å². The molecule has 2 N–H and O–H groups in total. The van der Waals surface area contributed by atoms with Crippen LogP contribution in [0.2, 0.25) is 0 Å². The first-order chi connectivity index (χ1) is 6.15. The smallest absolute Gasteiger partial charge is 0.311 e. The summed E-state index contributed by atoms with van der Waals surface area (Å²) in [6.07, 6.45) is 1.74. The molecule has 0 saturated heterocycles. The summed E-state index contributed by atoms with van der Waals surface area (Å²) >= 11 is 0. The summed E-state index contributed by atoms with van der Waals surface area (Å²) in [5.41, 5.74) is 6.07. The van der Waals surface area contributed by atoms with Gasteiger partial charge in [-0.15, -0.1) is 0 Å². The van der Waals surface area contributed by atoms with E-state index in [2.05, 4.69) is 4.98 Å². The van der Waals surface area contributed by atoms with Crippen LogP contribution in [0.4, 0.5) is 11.5 Å². The van der Waals surface area contributed by atoms with Gasteiger partial charge in [-0.25, -0.2) is 4.98 Å². The number of nitrogen functional groups attached to an aromatic ring is 1. The van der Waals surface area contributed by atoms with Gasteiger partial charge in [0.05, 0.1) is 4.92 Å². The van der Waals surface area contributed by atoms with E-state index in [4.69, 9.17) is 5.73 Å². The predicted octanol–water partition coefficient (Wildman–Crippen LogP) is 1.52. The summed E-state index contributed by atoms with van der Waals surface area (Å²) in [5, 5.41) is 10.4. The molecule has 0 atom stereocenters. The van der Waals surface area contributed by atoms with Crippen LogP contribution in [0.3, 0.4) is 0 Å². The van der Waals surface area contributed by atoms with Crippen LogP contribution in [0.25, 0.3) is 0 Å². The van der Waals surface area contributed by atoms with Gasteiger partial charge in [0.1, 0.15) is 0 Å². The third kappa shape index (κ3) is 2.14. The lowest BCUT2D eigenvalue weighted by Crippen LogP contribution is -2.00. The molecular formula is C8H11N3O2. The molecule has 13 heavy (non-hydrogen) atoms. The molecule has 1 aromatic rings. The number of anilines is 1. The number of hydrogen-bond donors (Lipinski definition) is 1. The maximum atomic E-state index is 10.4. The van der Waals surface area contributed by atoms with Crippen LogP contribution in [0.1, 0.15) is 19.0 Å². The largest absolute Gasteiger partial charge is 0.378 e. The van der Waals surface area contributed by atoms with Crippen molar-refractivity contribution in [3.63, 3.8) is 0 Å². The van der Waals surface area contributed by atoms with E-state index in [1.807, 2.05) is 6.92 Å². The van der Waals surface area contributed by atoms with Crippen LogP contribution in [0, 0.1) is 10.1 Å². The fraction of sp³-hybridized carbons (Fsp3) is 0.375. The summed E-state index contributed by atoms with van der Waals surface area (Å²) in [7, 11) is 0. The zero-order valence-electron chi connectivity index (χ0n) is 7.36. The van der Waals surface area contributed by atoms with Crippen LogP contribution >= 0.6 is 0 Å². The van der Waals surface area contributed by atoms with Gasteiger partial charge in [-0.3, -0.25) is 10.1 Å². The Balaban J connectivity index is 2.98. The van der Waals surface area contributed by atoms with E-state index >= 15 is 0 Å². The fourth-order valence-electron chi connectivity index (χ4n) is 1.06. The minimum absolute atomic E-state index is 0.00375. The first-order valence-electron chi connectivity index (χ1n) is 4.05. The van der Waals surface area contributed by atoms with E-state index in [1.165, 1.54) is 6.07 Å². The van der Waals surface area contributed by atoms with Gasteiger partial charge in [0.2, 0.25) is 5.82 Å². The number of aryl methyl sites for hydroxylation is 1. The maximum Gasteiger partial charge on any atom is 0.311 e. The Labute approximate surface area is 75.7 Å². The predicted molar refractivity (Wildman–Crippen MR) is 49.3 cm³/mol. The van der Waals surface area contributed by atoms with Crippen molar-refractivity contribution in [3.8, 4) is 0 Å². The molecule has 0 fully saturated rings. The molecule has 5 heteroatoms. The highest BCUT2D eigenvalue weighted by Crippen LogP contribution is 2.18. The number of pyridine rings is 1. The maximum absolute atomic E-state index is 10.4. The van der Waals surface area contributed by atoms with Crippen molar-refractivity contribution < 1.29 is 4.92 Å². The minimum Gasteiger partial charge on any atom is -0.378 e. The second kappa shape index (κ2) is 3.84. The molecule has 0 amide bonds. The van der Waals surface area contributed by atoms with E-state index < -0.39 is 4.92 Å². The average molecular weight is 181 g/mol. The van der Waals surface area contributed by atoms with Crippen molar-refractivity contribution in [3.05, 3.63) is 27.9 Å². The quantitative estimate of drug-likeness (QED) is 0.566. The Morgan fingerprint density at radius 1 is 1.62 bits per heavy atom. The fourth-order valence-corrected chi connectivity index (χ4v) is 1.06. The van der Waals surface area contributed by atoms with E-state index in [0.717, 1.165) is 18.5 Å². The molecule has 0 saturated carbocycles. The zero-order valence-corrected chi connectivity index (χ0v) is 7.36. The van der Waals surface area contributed by atoms with Crippen molar-refractivity contribution in [2.24, 2.45) is 0 Å². The van der Waals surface area contributed by atoms with Gasteiger partial charge in [-0.05, 0) is 12.5 Å². The molecule has 1 heterocycles. The van der Waals surface area contributed by atoms with E-state index in [0.29, 0.717) is 0 Å². The number of nitrogens with two attached hydrogens (primary N) is 1. The molecule has 5 nitrogen and oxygen atoms in total. The van der Waals surface area contributed by atoms with Crippen molar-refractivity contribution in [1.82, 2.24) is 4.98 Å². The Morgan fingerprint density at radius 3 is 2.77 bits per heavy atom. The van der Waals surface area contributed by atoms with Crippen LogP contribution in [0.5, 0.6) is 0 Å². The first kappa shape index (κ1) is 9.44. The molecule has 0 aliphatic carbocycles. The van der Waals surface area contributed by atoms with Gasteiger partial charge in [-0.2, -0.15) is 0 Å². The second-order valence-electron chi connectivity index (χ2n) is 2.71. The van der Waals surface area contributed by atoms with Crippen LogP contribution in [0.15, 0.2) is 12.1 Å². The SMILES string of the molecule is CCCc1ccc([N+](=O)[O-])c(N)n1. The third-order valence-corrected chi connectivity index (χ3v) is 1.66. The summed E-state index contributed by atoms with van der Waals surface area (Å²) in [6, 6.07) is 3.03. The van der Waals surface area contributed by atoms with E-state index in [9.17, 15) is 10.1 Å². The van der Waals surface area contributed by atoms with Crippen LogP contribution in [-0.2, 0) is 6.42 Å². The molecule has 0 radical (unpaired) electrons. The first-order valence-corrected chi connectivity index (χ1v) is 4.05. The van der Waals surface area contributed by atoms with Gasteiger partial charge in [-0.1, -0.05) is 13.3 Å². The summed E-state index contributed by atoms with van der Waals surface area (Å²) in [6.45, 7) is 2.01. The Kier molecular flexibility index (Phi) is 2.79. The standard InChI is InChI=1S/C8H11N3O2/c1-2-3-6-4-5-7(11(12)13)8(9)10-6/h4-5H,2-3H2,1H3,(H2,9,10). The van der Waals surface area contributed by atoms with E-state index in [-0.39, 0.29) is 11.5 Å². The Bertz CT molecular complexity index is 325. The van der Waals surface area contributed by atoms with Crippen molar-refractivity contribution in [1.29, 1.82) is 0 Å². The highest BCUT2D eigenvalue weighted by molar-refractivity contribution is 5.52. The number of nitro groups is 1. The lowest BCUT2D eigenvalue weighted by molar-refractivity contribution is -0.384. The lowest BCUT2D eigenvalue weighted by Gasteiger charge is -1.99. The molecule has 0 spiro atoms. The molecule has 0 aliphatic heterocycles. The minimum atomic E-state index is -0.530. The number of aromatic nitrogens is 1. The van der Waals surface area contributed by atoms with E-state index in [1.54, 1.807) is 6.07 Å². The average Bonchev–Trinajstić information content (AvgIpc) is 2.04. The summed E-state index contributed by atoms with van der Waals surface area (Å²) < 4.78 is 0. The normalized spacial score (nSPS) is 9.92. The molecule has 0 aliphatic rings. The van der Waals surface area contributed by atoms with Crippen LogP contribution in [-0.4, -0.2) is 9.91 Å². The number of nitrogens with zero attached hydrogens (tertiary/aromatic N) is 2. The Hall–Kier alpha value is -1.65. The highest BCUT2D eigenvalue weighted by Gasteiger charge is 2.11. The monoisotopic (exact) mass is 181 g/mol. The lowest BCUT2D eigenvalue weighted by atomic mass is 10.2. The molecule has 70 valence electrons. The second-order valence-corrected chi connectivity index (χ2v) is 2.71. The molecule has 0 unspecified atom stereocenters. The molecule has 0 bridgehead atoms. The van der Waals surface area contributed by atoms with Crippen molar-refractivity contribution >= 4 is 11.5 Å². The summed E-state index contributed by atoms with van der Waals surface area (Å²) in [4.78, 5) is 13.8.